The molecule has 0 saturated heterocycles. The van der Waals surface area contributed by atoms with Crippen LogP contribution in [0.15, 0.2) is 35.9 Å². The van der Waals surface area contributed by atoms with Crippen molar-refractivity contribution in [3.63, 3.8) is 0 Å². The van der Waals surface area contributed by atoms with Crippen molar-refractivity contribution in [1.82, 2.24) is 15.1 Å². The molecule has 1 fully saturated rings. The normalized spacial score (nSPS) is 18.7. The molecule has 6 heteroatoms. The van der Waals surface area contributed by atoms with Gasteiger partial charge in [-0.05, 0) is 118 Å². The molecule has 0 bridgehead atoms. The van der Waals surface area contributed by atoms with E-state index >= 15 is 0 Å². The average Bonchev–Trinajstić information content (AvgIpc) is 3.42. The van der Waals surface area contributed by atoms with Gasteiger partial charge in [-0.25, -0.2) is 0 Å². The minimum atomic E-state index is 0.0983. The van der Waals surface area contributed by atoms with Gasteiger partial charge in [0.15, 0.2) is 0 Å². The molecule has 212 valence electrons. The Morgan fingerprint density at radius 2 is 1.75 bits per heavy atom. The first kappa shape index (κ1) is 28.5. The summed E-state index contributed by atoms with van der Waals surface area (Å²) in [6.45, 7) is 11.1. The van der Waals surface area contributed by atoms with Crippen molar-refractivity contribution in [2.75, 3.05) is 6.61 Å². The molecular weight excluding hydrogens is 518 g/mol. The van der Waals surface area contributed by atoms with Crippen LogP contribution in [0, 0.1) is 33.6 Å². The summed E-state index contributed by atoms with van der Waals surface area (Å²) in [6, 6.07) is 10.8. The fourth-order valence-electron chi connectivity index (χ4n) is 6.51. The van der Waals surface area contributed by atoms with Crippen molar-refractivity contribution in [2.24, 2.45) is 13.0 Å². The summed E-state index contributed by atoms with van der Waals surface area (Å²) in [4.78, 5) is 13.8. The standard InChI is InChI=1S/C34H42ClN3O2/c1-20-12-14-25(15-13-20)36-34(39)31-19-30-27(9-7-10-29(30)32-23(4)37-38(6)24(32)5)28(31)11-8-16-40-26-17-21(2)33(35)22(3)18-26/h7,9-10,17-18,20,25H,8,11-16,19H2,1-6H3,(H,36,39). The number of carbonyl (C=O) groups is 1. The number of nitrogens with zero attached hydrogens (tertiary/aromatic N) is 2. The van der Waals surface area contributed by atoms with Crippen molar-refractivity contribution in [2.45, 2.75) is 85.6 Å². The Kier molecular flexibility index (Phi) is 8.42. The predicted octanol–water partition coefficient (Wildman–Crippen LogP) is 7.84. The Morgan fingerprint density at radius 1 is 1.07 bits per heavy atom. The zero-order valence-electron chi connectivity index (χ0n) is 24.8. The summed E-state index contributed by atoms with van der Waals surface area (Å²) in [5, 5.41) is 8.87. The number of hydrogen-bond donors (Lipinski definition) is 1. The number of allylic oxidation sites excluding steroid dienone is 1. The second-order valence-electron chi connectivity index (χ2n) is 11.9. The Bertz CT molecular complexity index is 1440. The molecule has 1 aromatic heterocycles. The quantitative estimate of drug-likeness (QED) is 0.286. The molecule has 1 N–H and O–H groups in total. The third-order valence-electron chi connectivity index (χ3n) is 8.87. The lowest BCUT2D eigenvalue weighted by atomic mass is 9.87. The molecule has 2 aromatic carbocycles. The van der Waals surface area contributed by atoms with Crippen LogP contribution >= 0.6 is 11.6 Å². The van der Waals surface area contributed by atoms with Crippen LogP contribution in [0.2, 0.25) is 5.02 Å². The van der Waals surface area contributed by atoms with Gasteiger partial charge in [-0.1, -0.05) is 36.7 Å². The van der Waals surface area contributed by atoms with Gasteiger partial charge in [0.25, 0.3) is 0 Å². The highest BCUT2D eigenvalue weighted by Gasteiger charge is 2.31. The number of ether oxygens (including phenoxy) is 1. The topological polar surface area (TPSA) is 56.1 Å². The van der Waals surface area contributed by atoms with Gasteiger partial charge in [-0.3, -0.25) is 9.48 Å². The number of hydrogen-bond acceptors (Lipinski definition) is 3. The van der Waals surface area contributed by atoms with Crippen LogP contribution in [-0.4, -0.2) is 28.3 Å². The number of amides is 1. The lowest BCUT2D eigenvalue weighted by molar-refractivity contribution is -0.118. The molecule has 0 aliphatic heterocycles. The van der Waals surface area contributed by atoms with E-state index in [1.807, 2.05) is 37.7 Å². The van der Waals surface area contributed by atoms with Crippen molar-refractivity contribution >= 4 is 23.1 Å². The van der Waals surface area contributed by atoms with Gasteiger partial charge in [0.2, 0.25) is 5.91 Å². The van der Waals surface area contributed by atoms with Crippen molar-refractivity contribution in [1.29, 1.82) is 0 Å². The third kappa shape index (κ3) is 5.72. The van der Waals surface area contributed by atoms with Crippen LogP contribution in [0.5, 0.6) is 5.75 Å². The van der Waals surface area contributed by atoms with Crippen LogP contribution < -0.4 is 10.1 Å². The monoisotopic (exact) mass is 559 g/mol. The summed E-state index contributed by atoms with van der Waals surface area (Å²) < 4.78 is 8.08. The largest absolute Gasteiger partial charge is 0.494 e. The second kappa shape index (κ2) is 11.8. The number of nitrogens with one attached hydrogen (secondary N) is 1. The van der Waals surface area contributed by atoms with E-state index < -0.39 is 0 Å². The zero-order valence-corrected chi connectivity index (χ0v) is 25.5. The lowest BCUT2D eigenvalue weighted by Crippen LogP contribution is -2.38. The predicted molar refractivity (Wildman–Crippen MR) is 164 cm³/mol. The van der Waals surface area contributed by atoms with Gasteiger partial charge >= 0.3 is 0 Å². The van der Waals surface area contributed by atoms with Crippen molar-refractivity contribution in [3.8, 4) is 16.9 Å². The van der Waals surface area contributed by atoms with Crippen LogP contribution in [0.3, 0.4) is 0 Å². The molecule has 2 aliphatic carbocycles. The van der Waals surface area contributed by atoms with Crippen LogP contribution in [-0.2, 0) is 18.3 Å². The molecule has 1 saturated carbocycles. The highest BCUT2D eigenvalue weighted by Crippen LogP contribution is 2.42. The maximum atomic E-state index is 13.8. The summed E-state index contributed by atoms with van der Waals surface area (Å²) in [6.07, 6.45) is 6.76. The van der Waals surface area contributed by atoms with E-state index in [1.54, 1.807) is 0 Å². The van der Waals surface area contributed by atoms with Gasteiger partial charge in [-0.2, -0.15) is 5.10 Å². The van der Waals surface area contributed by atoms with E-state index in [0.717, 1.165) is 76.0 Å². The van der Waals surface area contributed by atoms with Crippen LogP contribution in [0.1, 0.15) is 79.1 Å². The molecule has 1 amide bonds. The molecule has 5 rings (SSSR count). The molecule has 0 atom stereocenters. The molecule has 1 heterocycles. The van der Waals surface area contributed by atoms with Crippen LogP contribution in [0.4, 0.5) is 0 Å². The van der Waals surface area contributed by atoms with E-state index in [2.05, 4.69) is 49.4 Å². The number of aryl methyl sites for hydroxylation is 4. The summed E-state index contributed by atoms with van der Waals surface area (Å²) >= 11 is 6.34. The molecule has 5 nitrogen and oxygen atoms in total. The minimum Gasteiger partial charge on any atom is -0.494 e. The Labute approximate surface area is 244 Å². The van der Waals surface area contributed by atoms with Gasteiger partial charge < -0.3 is 10.1 Å². The Balaban J connectivity index is 1.40. The molecule has 2 aliphatic rings. The van der Waals surface area contributed by atoms with Gasteiger partial charge in [-0.15, -0.1) is 0 Å². The maximum absolute atomic E-state index is 13.8. The first-order chi connectivity index (χ1) is 19.1. The Morgan fingerprint density at radius 3 is 2.40 bits per heavy atom. The summed E-state index contributed by atoms with van der Waals surface area (Å²) in [5.41, 5.74) is 11.1. The Hall–Kier alpha value is -3.05. The van der Waals surface area contributed by atoms with E-state index in [1.165, 1.54) is 35.1 Å². The molecule has 0 spiro atoms. The minimum absolute atomic E-state index is 0.0983. The number of benzene rings is 2. The van der Waals surface area contributed by atoms with Crippen LogP contribution in [0.25, 0.3) is 16.7 Å². The molecule has 0 radical (unpaired) electrons. The smallest absolute Gasteiger partial charge is 0.248 e. The highest BCUT2D eigenvalue weighted by molar-refractivity contribution is 6.32. The number of rotatable bonds is 8. The SMILES string of the molecule is Cc1cc(OCCCC2=C(C(=O)NC3CCC(C)CC3)Cc3c2cccc3-c2c(C)nn(C)c2C)cc(C)c1Cl. The zero-order chi connectivity index (χ0) is 28.6. The second-order valence-corrected chi connectivity index (χ2v) is 12.3. The van der Waals surface area contributed by atoms with E-state index in [9.17, 15) is 4.79 Å². The molecular formula is C34H42ClN3O2. The van der Waals surface area contributed by atoms with E-state index in [4.69, 9.17) is 16.3 Å². The first-order valence-electron chi connectivity index (χ1n) is 14.7. The maximum Gasteiger partial charge on any atom is 0.248 e. The number of fused-ring (bicyclic) bond motifs is 1. The van der Waals surface area contributed by atoms with Crippen molar-refractivity contribution in [3.05, 3.63) is 74.6 Å². The highest BCUT2D eigenvalue weighted by atomic mass is 35.5. The average molecular weight is 560 g/mol. The lowest BCUT2D eigenvalue weighted by Gasteiger charge is -2.27. The molecule has 0 unspecified atom stereocenters. The third-order valence-corrected chi connectivity index (χ3v) is 9.47. The molecule has 40 heavy (non-hydrogen) atoms. The van der Waals surface area contributed by atoms with Crippen molar-refractivity contribution < 1.29 is 9.53 Å². The first-order valence-corrected chi connectivity index (χ1v) is 15.1. The fraction of sp³-hybridized carbons (Fsp3) is 0.471. The van der Waals surface area contributed by atoms with E-state index in [0.29, 0.717) is 13.0 Å². The summed E-state index contributed by atoms with van der Waals surface area (Å²) in [7, 11) is 1.99. The van der Waals surface area contributed by atoms with Gasteiger partial charge in [0.1, 0.15) is 5.75 Å². The summed E-state index contributed by atoms with van der Waals surface area (Å²) in [5.74, 6) is 1.69. The number of halogens is 1. The van der Waals surface area contributed by atoms with Gasteiger partial charge in [0, 0.05) is 41.4 Å². The van der Waals surface area contributed by atoms with Gasteiger partial charge in [0.05, 0.1) is 12.3 Å². The number of aromatic nitrogens is 2. The molecule has 3 aromatic rings. The van der Waals surface area contributed by atoms with E-state index in [-0.39, 0.29) is 11.9 Å². The number of carbonyl (C=O) groups excluding carboxylic acids is 1. The fourth-order valence-corrected chi connectivity index (χ4v) is 6.62.